The molecule has 0 bridgehead atoms. The van der Waals surface area contributed by atoms with Crippen molar-refractivity contribution in [3.63, 3.8) is 0 Å². The van der Waals surface area contributed by atoms with E-state index in [9.17, 15) is 0 Å². The Kier molecular flexibility index (Phi) is 8.33. The van der Waals surface area contributed by atoms with E-state index in [0.717, 1.165) is 0 Å². The molecule has 1 N–H and O–H groups in total. The van der Waals surface area contributed by atoms with Crippen LogP contribution in [0.3, 0.4) is 0 Å². The number of hydrogen-bond donors (Lipinski definition) is 1. The minimum absolute atomic E-state index is 0.0701. The van der Waals surface area contributed by atoms with E-state index >= 15 is 0 Å². The van der Waals surface area contributed by atoms with Crippen LogP contribution in [0.4, 0.5) is 0 Å². The van der Waals surface area contributed by atoms with Gasteiger partial charge in [-0.05, 0) is 125 Å². The highest BCUT2D eigenvalue weighted by Crippen LogP contribution is 2.35. The molecule has 0 aliphatic heterocycles. The van der Waals surface area contributed by atoms with Crippen molar-refractivity contribution in [2.24, 2.45) is 0 Å². The zero-order valence-corrected chi connectivity index (χ0v) is 23.3. The zero-order chi connectivity index (χ0) is 24.0. The van der Waals surface area contributed by atoms with Crippen LogP contribution in [0, 0.1) is 0 Å². The lowest BCUT2D eigenvalue weighted by Crippen LogP contribution is -2.79. The van der Waals surface area contributed by atoms with Crippen molar-refractivity contribution in [2.75, 3.05) is 0 Å². The molecule has 0 aromatic rings. The number of hydrogen-bond acceptors (Lipinski definition) is 5. The molecule has 0 fully saturated rings. The molecule has 5 heteroatoms. The van der Waals surface area contributed by atoms with Crippen LogP contribution in [0.25, 0.3) is 0 Å². The Labute approximate surface area is 184 Å². The van der Waals surface area contributed by atoms with Crippen LogP contribution in [-0.2, 0) is 0 Å². The maximum Gasteiger partial charge on any atom is 0.0305 e. The highest BCUT2D eigenvalue weighted by molar-refractivity contribution is 4.91. The molecule has 176 valence electrons. The molecule has 0 saturated heterocycles. The minimum atomic E-state index is -0.0958. The monoisotopic (exact) mass is 413 g/mol. The Morgan fingerprint density at radius 3 is 0.690 bits per heavy atom. The molecule has 0 aromatic carbocycles. The Balaban J connectivity index is 6.91. The van der Waals surface area contributed by atoms with Crippen molar-refractivity contribution < 1.29 is 0 Å². The molecular formula is C24H55N5. The third-order valence-corrected chi connectivity index (χ3v) is 4.45. The summed E-state index contributed by atoms with van der Waals surface area (Å²) < 4.78 is 0. The minimum Gasteiger partial charge on any atom is -0.218 e. The van der Waals surface area contributed by atoms with E-state index in [1.165, 1.54) is 0 Å². The van der Waals surface area contributed by atoms with Gasteiger partial charge in [-0.15, -0.1) is 0 Å². The summed E-state index contributed by atoms with van der Waals surface area (Å²) in [5, 5.41) is 9.62. The third-order valence-electron chi connectivity index (χ3n) is 4.45. The molecule has 0 amide bonds. The average molecular weight is 414 g/mol. The number of hydrazine groups is 4. The number of nitrogens with one attached hydrogen (secondary N) is 1. The van der Waals surface area contributed by atoms with E-state index in [0.29, 0.717) is 0 Å². The summed E-state index contributed by atoms with van der Waals surface area (Å²) >= 11 is 0. The third kappa shape index (κ3) is 8.10. The number of rotatable bonds is 4. The average Bonchev–Trinajstić information content (AvgIpc) is 2.24. The molecule has 0 aliphatic rings. The standard InChI is InChI=1S/C24H55N5/c1-19(2,3)26(20(4,5)6)25-29(27(21(7,8)9)22(10,11)12)28(23(13,14)15)24(16,17)18/h25H,1-18H3. The topological polar surface area (TPSA) is 25.0 Å². The molecule has 29 heavy (non-hydrogen) atoms. The molecule has 0 aromatic heterocycles. The molecule has 0 atom stereocenters. The normalized spacial score (nSPS) is 15.9. The smallest absolute Gasteiger partial charge is 0.0305 e. The Hall–Kier alpha value is -0.200. The first-order valence-electron chi connectivity index (χ1n) is 11.2. The van der Waals surface area contributed by atoms with Crippen LogP contribution in [0.2, 0.25) is 0 Å². The van der Waals surface area contributed by atoms with Crippen molar-refractivity contribution in [2.45, 2.75) is 158 Å². The summed E-state index contributed by atoms with van der Waals surface area (Å²) in [6, 6.07) is 0. The Bertz CT molecular complexity index is 438. The largest absolute Gasteiger partial charge is 0.218 e. The van der Waals surface area contributed by atoms with Crippen LogP contribution < -0.4 is 5.53 Å². The van der Waals surface area contributed by atoms with Gasteiger partial charge in [0, 0.05) is 33.2 Å². The second-order valence-corrected chi connectivity index (χ2v) is 14.4. The predicted octanol–water partition coefficient (Wildman–Crippen LogP) is 6.24. The van der Waals surface area contributed by atoms with Crippen molar-refractivity contribution in [3.8, 4) is 0 Å². The van der Waals surface area contributed by atoms with Gasteiger partial charge >= 0.3 is 0 Å². The summed E-state index contributed by atoms with van der Waals surface area (Å²) in [4.78, 5) is 0. The van der Waals surface area contributed by atoms with Gasteiger partial charge < -0.3 is 0 Å². The lowest BCUT2D eigenvalue weighted by Gasteiger charge is -2.62. The molecular weight excluding hydrogens is 358 g/mol. The molecule has 0 aliphatic carbocycles. The highest BCUT2D eigenvalue weighted by atomic mass is 16.1. The van der Waals surface area contributed by atoms with E-state index in [1.54, 1.807) is 0 Å². The van der Waals surface area contributed by atoms with Gasteiger partial charge in [-0.1, -0.05) is 5.23 Å². The second-order valence-electron chi connectivity index (χ2n) is 14.4. The first-order chi connectivity index (χ1) is 12.2. The van der Waals surface area contributed by atoms with Crippen LogP contribution in [0.5, 0.6) is 0 Å². The Morgan fingerprint density at radius 1 is 0.345 bits per heavy atom. The second kappa shape index (κ2) is 8.38. The number of nitrogens with zero attached hydrogens (tertiary/aromatic N) is 4. The van der Waals surface area contributed by atoms with Gasteiger partial charge in [0.1, 0.15) is 0 Å². The van der Waals surface area contributed by atoms with Gasteiger partial charge in [0.05, 0.1) is 0 Å². The first kappa shape index (κ1) is 28.8. The molecule has 0 heterocycles. The van der Waals surface area contributed by atoms with Crippen LogP contribution in [-0.4, -0.2) is 53.5 Å². The van der Waals surface area contributed by atoms with Crippen molar-refractivity contribution >= 4 is 0 Å². The summed E-state index contributed by atoms with van der Waals surface area (Å²) in [6.07, 6.45) is 0. The van der Waals surface area contributed by atoms with Crippen molar-refractivity contribution in [1.29, 1.82) is 0 Å². The summed E-state index contributed by atoms with van der Waals surface area (Å²) in [6.45, 7) is 41.0. The first-order valence-corrected chi connectivity index (χ1v) is 11.2. The van der Waals surface area contributed by atoms with Gasteiger partial charge in [-0.2, -0.15) is 5.53 Å². The molecule has 0 radical (unpaired) electrons. The van der Waals surface area contributed by atoms with Crippen molar-refractivity contribution in [3.05, 3.63) is 0 Å². The highest BCUT2D eigenvalue weighted by Gasteiger charge is 2.48. The van der Waals surface area contributed by atoms with E-state index in [-0.39, 0.29) is 33.2 Å². The molecule has 0 rings (SSSR count). The van der Waals surface area contributed by atoms with Gasteiger partial charge in [-0.25, -0.2) is 15.0 Å². The predicted molar refractivity (Wildman–Crippen MR) is 129 cm³/mol. The van der Waals surface area contributed by atoms with Gasteiger partial charge in [-0.3, -0.25) is 0 Å². The van der Waals surface area contributed by atoms with E-state index in [1.807, 2.05) is 0 Å². The fourth-order valence-electron chi connectivity index (χ4n) is 4.72. The zero-order valence-electron chi connectivity index (χ0n) is 23.3. The molecule has 5 nitrogen and oxygen atoms in total. The fourth-order valence-corrected chi connectivity index (χ4v) is 4.72. The van der Waals surface area contributed by atoms with Gasteiger partial charge in [0.2, 0.25) is 0 Å². The summed E-state index contributed by atoms with van der Waals surface area (Å²) in [5.74, 6) is 0. The SMILES string of the molecule is CC(C)(C)N(NN(N(C(C)(C)C)C(C)(C)C)N(C(C)(C)C)C(C)(C)C)C(C)(C)C. The summed E-state index contributed by atoms with van der Waals surface area (Å²) in [7, 11) is 0. The van der Waals surface area contributed by atoms with Gasteiger partial charge in [0.25, 0.3) is 0 Å². The Morgan fingerprint density at radius 2 is 0.552 bits per heavy atom. The summed E-state index contributed by atoms with van der Waals surface area (Å²) in [5.41, 5.74) is 3.36. The van der Waals surface area contributed by atoms with E-state index in [2.05, 4.69) is 150 Å². The van der Waals surface area contributed by atoms with Crippen molar-refractivity contribution in [1.82, 2.24) is 25.8 Å². The van der Waals surface area contributed by atoms with E-state index < -0.39 is 0 Å². The maximum absolute atomic E-state index is 3.88. The van der Waals surface area contributed by atoms with Gasteiger partial charge in [0.15, 0.2) is 0 Å². The maximum atomic E-state index is 3.88. The van der Waals surface area contributed by atoms with Crippen LogP contribution in [0.1, 0.15) is 125 Å². The van der Waals surface area contributed by atoms with Crippen LogP contribution >= 0.6 is 0 Å². The fraction of sp³-hybridized carbons (Fsp3) is 1.00. The molecule has 0 spiro atoms. The van der Waals surface area contributed by atoms with E-state index in [4.69, 9.17) is 0 Å². The lowest BCUT2D eigenvalue weighted by atomic mass is 9.97. The lowest BCUT2D eigenvalue weighted by molar-refractivity contribution is -0.364. The molecule has 0 unspecified atom stereocenters. The molecule has 0 saturated carbocycles. The quantitative estimate of drug-likeness (QED) is 0.550. The van der Waals surface area contributed by atoms with Crippen LogP contribution in [0.15, 0.2) is 0 Å².